The molecule has 1 aromatic carbocycles. The van der Waals surface area contributed by atoms with Crippen LogP contribution in [0.5, 0.6) is 0 Å². The lowest BCUT2D eigenvalue weighted by Crippen LogP contribution is -2.32. The Labute approximate surface area is 91.9 Å². The summed E-state index contributed by atoms with van der Waals surface area (Å²) >= 11 is 0. The topological polar surface area (TPSA) is 63.3 Å². The van der Waals surface area contributed by atoms with E-state index in [4.69, 9.17) is 10.8 Å². The van der Waals surface area contributed by atoms with Gasteiger partial charge in [0.1, 0.15) is 6.04 Å². The van der Waals surface area contributed by atoms with Gasteiger partial charge in [-0.1, -0.05) is 24.3 Å². The van der Waals surface area contributed by atoms with E-state index < -0.39 is 18.4 Å². The van der Waals surface area contributed by atoms with Gasteiger partial charge in [-0.25, -0.2) is 8.78 Å². The molecule has 0 aliphatic rings. The van der Waals surface area contributed by atoms with Gasteiger partial charge in [0.25, 0.3) is 0 Å². The minimum atomic E-state index is -2.40. The smallest absolute Gasteiger partial charge is 0.320 e. The van der Waals surface area contributed by atoms with Crippen LogP contribution in [0.2, 0.25) is 0 Å². The van der Waals surface area contributed by atoms with Gasteiger partial charge in [0.05, 0.1) is 0 Å². The zero-order valence-electron chi connectivity index (χ0n) is 8.57. The normalized spacial score (nSPS) is 12.8. The Morgan fingerprint density at radius 1 is 1.31 bits per heavy atom. The second-order valence-corrected chi connectivity index (χ2v) is 3.56. The van der Waals surface area contributed by atoms with E-state index in [1.165, 1.54) is 0 Å². The summed E-state index contributed by atoms with van der Waals surface area (Å²) in [4.78, 5) is 10.5. The number of halogens is 2. The van der Waals surface area contributed by atoms with Gasteiger partial charge in [-0.3, -0.25) is 4.79 Å². The molecule has 3 nitrogen and oxygen atoms in total. The van der Waals surface area contributed by atoms with Crippen LogP contribution in [0.25, 0.3) is 0 Å². The fourth-order valence-corrected chi connectivity index (χ4v) is 1.40. The molecule has 5 heteroatoms. The van der Waals surface area contributed by atoms with Crippen molar-refractivity contribution in [1.29, 1.82) is 0 Å². The highest BCUT2D eigenvalue weighted by molar-refractivity contribution is 5.73. The highest BCUT2D eigenvalue weighted by atomic mass is 19.3. The van der Waals surface area contributed by atoms with Gasteiger partial charge in [-0.05, 0) is 17.5 Å². The molecule has 0 spiro atoms. The van der Waals surface area contributed by atoms with Crippen molar-refractivity contribution >= 4 is 5.97 Å². The second-order valence-electron chi connectivity index (χ2n) is 3.56. The summed E-state index contributed by atoms with van der Waals surface area (Å²) in [5, 5.41) is 8.61. The molecule has 1 rings (SSSR count). The maximum Gasteiger partial charge on any atom is 0.320 e. The number of hydrogen-bond donors (Lipinski definition) is 2. The standard InChI is InChI=1S/C11H13F2NO2/c12-10(13)6-8-3-1-2-7(4-8)5-9(14)11(15)16/h1-4,9-10H,5-6,14H2,(H,15,16). The lowest BCUT2D eigenvalue weighted by Gasteiger charge is -2.08. The van der Waals surface area contributed by atoms with Crippen molar-refractivity contribution in [2.24, 2.45) is 5.73 Å². The van der Waals surface area contributed by atoms with E-state index in [0.29, 0.717) is 11.1 Å². The fraction of sp³-hybridized carbons (Fsp3) is 0.364. The molecule has 0 radical (unpaired) electrons. The zero-order valence-corrected chi connectivity index (χ0v) is 8.57. The van der Waals surface area contributed by atoms with E-state index >= 15 is 0 Å². The summed E-state index contributed by atoms with van der Waals surface area (Å²) in [6.45, 7) is 0. The SMILES string of the molecule is NC(Cc1cccc(CC(F)F)c1)C(=O)O. The van der Waals surface area contributed by atoms with Crippen LogP contribution in [-0.2, 0) is 17.6 Å². The molecule has 0 aliphatic heterocycles. The van der Waals surface area contributed by atoms with Crippen LogP contribution in [0, 0.1) is 0 Å². The first-order valence-corrected chi connectivity index (χ1v) is 4.83. The lowest BCUT2D eigenvalue weighted by molar-refractivity contribution is -0.138. The van der Waals surface area contributed by atoms with Crippen molar-refractivity contribution in [2.75, 3.05) is 0 Å². The molecule has 0 heterocycles. The molecule has 0 bridgehead atoms. The summed E-state index contributed by atoms with van der Waals surface area (Å²) < 4.78 is 24.2. The van der Waals surface area contributed by atoms with Crippen LogP contribution in [0.15, 0.2) is 24.3 Å². The predicted octanol–water partition coefficient (Wildman–Crippen LogP) is 1.45. The van der Waals surface area contributed by atoms with Crippen molar-refractivity contribution in [3.8, 4) is 0 Å². The number of carboxylic acid groups (broad SMARTS) is 1. The Kier molecular flexibility index (Phi) is 4.37. The van der Waals surface area contributed by atoms with Gasteiger partial charge in [0.2, 0.25) is 6.43 Å². The van der Waals surface area contributed by atoms with E-state index in [1.54, 1.807) is 24.3 Å². The molecule has 1 aromatic rings. The Bertz CT molecular complexity index is 369. The predicted molar refractivity (Wildman–Crippen MR) is 55.5 cm³/mol. The second kappa shape index (κ2) is 5.55. The van der Waals surface area contributed by atoms with Crippen LogP contribution >= 0.6 is 0 Å². The lowest BCUT2D eigenvalue weighted by atomic mass is 10.0. The molecular weight excluding hydrogens is 216 g/mol. The van der Waals surface area contributed by atoms with E-state index in [0.717, 1.165) is 0 Å². The van der Waals surface area contributed by atoms with Crippen LogP contribution in [0.3, 0.4) is 0 Å². The quantitative estimate of drug-likeness (QED) is 0.803. The highest BCUT2D eigenvalue weighted by Gasteiger charge is 2.12. The molecule has 3 N–H and O–H groups in total. The Balaban J connectivity index is 2.70. The summed E-state index contributed by atoms with van der Waals surface area (Å²) in [6, 6.07) is 5.46. The largest absolute Gasteiger partial charge is 0.480 e. The number of aliphatic carboxylic acids is 1. The van der Waals surface area contributed by atoms with Gasteiger partial charge in [-0.15, -0.1) is 0 Å². The third-order valence-electron chi connectivity index (χ3n) is 2.15. The maximum atomic E-state index is 12.1. The molecule has 1 unspecified atom stereocenters. The average molecular weight is 229 g/mol. The minimum absolute atomic E-state index is 0.145. The summed E-state index contributed by atoms with van der Waals surface area (Å²) in [7, 11) is 0. The molecule has 0 aliphatic carbocycles. The van der Waals surface area contributed by atoms with Crippen molar-refractivity contribution in [3.05, 3.63) is 35.4 Å². The molecule has 0 fully saturated rings. The molecule has 0 saturated heterocycles. The Morgan fingerprint density at radius 3 is 2.38 bits per heavy atom. The molecular formula is C11H13F2NO2. The van der Waals surface area contributed by atoms with Gasteiger partial charge in [-0.2, -0.15) is 0 Å². The number of benzene rings is 1. The number of carbonyl (C=O) groups is 1. The number of hydrogen-bond acceptors (Lipinski definition) is 2. The van der Waals surface area contributed by atoms with Crippen LogP contribution < -0.4 is 5.73 Å². The fourth-order valence-electron chi connectivity index (χ4n) is 1.40. The third kappa shape index (κ3) is 3.94. The Hall–Kier alpha value is -1.49. The van der Waals surface area contributed by atoms with Gasteiger partial charge >= 0.3 is 5.97 Å². The van der Waals surface area contributed by atoms with Gasteiger partial charge in [0, 0.05) is 6.42 Å². The van der Waals surface area contributed by atoms with Crippen molar-refractivity contribution in [3.63, 3.8) is 0 Å². The van der Waals surface area contributed by atoms with Gasteiger partial charge in [0.15, 0.2) is 0 Å². The van der Waals surface area contributed by atoms with E-state index in [-0.39, 0.29) is 12.8 Å². The Morgan fingerprint density at radius 2 is 1.88 bits per heavy atom. The summed E-state index contributed by atoms with van der Waals surface area (Å²) in [5.41, 5.74) is 6.50. The van der Waals surface area contributed by atoms with Crippen LogP contribution in [-0.4, -0.2) is 23.5 Å². The molecule has 88 valence electrons. The summed E-state index contributed by atoms with van der Waals surface area (Å²) in [5.74, 6) is -1.10. The molecule has 0 saturated carbocycles. The van der Waals surface area contributed by atoms with Crippen molar-refractivity contribution < 1.29 is 18.7 Å². The number of nitrogens with two attached hydrogens (primary N) is 1. The third-order valence-corrected chi connectivity index (χ3v) is 2.15. The first-order chi connectivity index (χ1) is 7.49. The number of alkyl halides is 2. The van der Waals surface area contributed by atoms with Crippen molar-refractivity contribution in [2.45, 2.75) is 25.3 Å². The van der Waals surface area contributed by atoms with Crippen LogP contribution in [0.4, 0.5) is 8.78 Å². The van der Waals surface area contributed by atoms with Gasteiger partial charge < -0.3 is 10.8 Å². The maximum absolute atomic E-state index is 12.1. The molecule has 1 atom stereocenters. The molecule has 0 aromatic heterocycles. The highest BCUT2D eigenvalue weighted by Crippen LogP contribution is 2.11. The van der Waals surface area contributed by atoms with Crippen molar-refractivity contribution in [1.82, 2.24) is 0 Å². The number of carboxylic acids is 1. The van der Waals surface area contributed by atoms with E-state index in [2.05, 4.69) is 0 Å². The van der Waals surface area contributed by atoms with Crippen LogP contribution in [0.1, 0.15) is 11.1 Å². The number of rotatable bonds is 5. The molecule has 16 heavy (non-hydrogen) atoms. The monoisotopic (exact) mass is 229 g/mol. The first-order valence-electron chi connectivity index (χ1n) is 4.83. The minimum Gasteiger partial charge on any atom is -0.480 e. The average Bonchev–Trinajstić information content (AvgIpc) is 2.16. The van der Waals surface area contributed by atoms with E-state index in [9.17, 15) is 13.6 Å². The van der Waals surface area contributed by atoms with E-state index in [1.807, 2.05) is 0 Å². The molecule has 0 amide bonds. The summed E-state index contributed by atoms with van der Waals surface area (Å²) in [6.07, 6.45) is -2.58. The zero-order chi connectivity index (χ0) is 12.1. The first kappa shape index (κ1) is 12.6.